The van der Waals surface area contributed by atoms with Gasteiger partial charge in [0.15, 0.2) is 0 Å². The molecule has 2 aromatic carbocycles. The van der Waals surface area contributed by atoms with Crippen molar-refractivity contribution in [1.82, 2.24) is 15.5 Å². The molecule has 5 heteroatoms. The molecule has 0 atom stereocenters. The molecule has 0 aromatic heterocycles. The fourth-order valence-electron chi connectivity index (χ4n) is 4.10. The van der Waals surface area contributed by atoms with Gasteiger partial charge in [-0.3, -0.25) is 9.59 Å². The Morgan fingerprint density at radius 1 is 1.07 bits per heavy atom. The summed E-state index contributed by atoms with van der Waals surface area (Å²) in [6.07, 6.45) is 4.61. The number of fused-ring (bicyclic) bond motifs is 1. The second kappa shape index (κ2) is 8.57. The second-order valence-corrected chi connectivity index (χ2v) is 7.63. The summed E-state index contributed by atoms with van der Waals surface area (Å²) in [5.41, 5.74) is 2.05. The SMILES string of the molecule is O=C(NCC1=CCNCC1)C1CCN(C(=O)c2cccc3ccccc23)CC1. The van der Waals surface area contributed by atoms with Gasteiger partial charge < -0.3 is 15.5 Å². The second-order valence-electron chi connectivity index (χ2n) is 7.63. The van der Waals surface area contributed by atoms with Crippen LogP contribution in [0.25, 0.3) is 10.8 Å². The third-order valence-electron chi connectivity index (χ3n) is 5.82. The Morgan fingerprint density at radius 2 is 1.86 bits per heavy atom. The highest BCUT2D eigenvalue weighted by Gasteiger charge is 2.28. The Bertz CT molecular complexity index is 892. The Hall–Kier alpha value is -2.66. The standard InChI is InChI=1S/C23H27N3O2/c27-22(25-16-17-8-12-24-13-9-17)19-10-14-26(15-11-19)23(28)21-7-3-5-18-4-1-2-6-20(18)21/h1-8,19,24H,9-16H2,(H,25,27). The fraction of sp³-hybridized carbons (Fsp3) is 0.391. The first-order chi connectivity index (χ1) is 13.7. The predicted molar refractivity (Wildman–Crippen MR) is 111 cm³/mol. The van der Waals surface area contributed by atoms with Crippen LogP contribution in [0.4, 0.5) is 0 Å². The van der Waals surface area contributed by atoms with E-state index in [-0.39, 0.29) is 17.7 Å². The zero-order valence-electron chi connectivity index (χ0n) is 16.1. The van der Waals surface area contributed by atoms with Gasteiger partial charge in [0.05, 0.1) is 0 Å². The predicted octanol–water partition coefficient (Wildman–Crippen LogP) is 2.73. The Balaban J connectivity index is 1.34. The summed E-state index contributed by atoms with van der Waals surface area (Å²) in [4.78, 5) is 27.4. The Kier molecular flexibility index (Phi) is 5.72. The number of amides is 2. The maximum Gasteiger partial charge on any atom is 0.254 e. The highest BCUT2D eigenvalue weighted by Crippen LogP contribution is 2.23. The number of rotatable bonds is 4. The summed E-state index contributed by atoms with van der Waals surface area (Å²) in [6.45, 7) is 3.78. The molecule has 0 saturated carbocycles. The molecule has 28 heavy (non-hydrogen) atoms. The molecule has 2 N–H and O–H groups in total. The lowest BCUT2D eigenvalue weighted by molar-refractivity contribution is -0.126. The Morgan fingerprint density at radius 3 is 2.64 bits per heavy atom. The molecule has 2 aliphatic rings. The van der Waals surface area contributed by atoms with Crippen LogP contribution in [0.5, 0.6) is 0 Å². The third-order valence-corrected chi connectivity index (χ3v) is 5.82. The smallest absolute Gasteiger partial charge is 0.254 e. The molecule has 4 rings (SSSR count). The van der Waals surface area contributed by atoms with E-state index < -0.39 is 0 Å². The summed E-state index contributed by atoms with van der Waals surface area (Å²) in [6, 6.07) is 13.8. The number of hydrogen-bond donors (Lipinski definition) is 2. The van der Waals surface area contributed by atoms with Gasteiger partial charge in [-0.05, 0) is 42.6 Å². The fourth-order valence-corrected chi connectivity index (χ4v) is 4.10. The zero-order valence-corrected chi connectivity index (χ0v) is 16.1. The van der Waals surface area contributed by atoms with E-state index in [2.05, 4.69) is 16.7 Å². The van der Waals surface area contributed by atoms with Crippen molar-refractivity contribution in [2.75, 3.05) is 32.7 Å². The van der Waals surface area contributed by atoms with Crippen molar-refractivity contribution in [1.29, 1.82) is 0 Å². The van der Waals surface area contributed by atoms with Crippen LogP contribution in [-0.2, 0) is 4.79 Å². The monoisotopic (exact) mass is 377 g/mol. The summed E-state index contributed by atoms with van der Waals surface area (Å²) in [5.74, 6) is 0.186. The molecule has 0 radical (unpaired) electrons. The number of hydrogen-bond acceptors (Lipinski definition) is 3. The molecule has 0 spiro atoms. The van der Waals surface area contributed by atoms with Crippen LogP contribution in [-0.4, -0.2) is 49.4 Å². The van der Waals surface area contributed by atoms with E-state index in [1.165, 1.54) is 5.57 Å². The van der Waals surface area contributed by atoms with E-state index in [9.17, 15) is 9.59 Å². The molecule has 0 unspecified atom stereocenters. The molecular formula is C23H27N3O2. The van der Waals surface area contributed by atoms with E-state index in [1.807, 2.05) is 47.4 Å². The van der Waals surface area contributed by atoms with E-state index in [1.54, 1.807) is 0 Å². The van der Waals surface area contributed by atoms with Crippen LogP contribution in [0.2, 0.25) is 0 Å². The highest BCUT2D eigenvalue weighted by molar-refractivity contribution is 6.07. The van der Waals surface area contributed by atoms with Gasteiger partial charge in [-0.2, -0.15) is 0 Å². The lowest BCUT2D eigenvalue weighted by Crippen LogP contribution is -2.43. The number of piperidine rings is 1. The van der Waals surface area contributed by atoms with Gasteiger partial charge in [0, 0.05) is 37.7 Å². The minimum Gasteiger partial charge on any atom is -0.352 e. The number of likely N-dealkylation sites (tertiary alicyclic amines) is 1. The van der Waals surface area contributed by atoms with Crippen LogP contribution in [0.3, 0.4) is 0 Å². The molecule has 0 aliphatic carbocycles. The van der Waals surface area contributed by atoms with Gasteiger partial charge in [0.1, 0.15) is 0 Å². The number of nitrogens with one attached hydrogen (secondary N) is 2. The van der Waals surface area contributed by atoms with Gasteiger partial charge in [-0.25, -0.2) is 0 Å². The number of benzene rings is 2. The van der Waals surface area contributed by atoms with Crippen molar-refractivity contribution in [2.45, 2.75) is 19.3 Å². The molecule has 1 saturated heterocycles. The minimum atomic E-state index is -0.00103. The quantitative estimate of drug-likeness (QED) is 0.806. The first kappa shape index (κ1) is 18.7. The summed E-state index contributed by atoms with van der Waals surface area (Å²) < 4.78 is 0. The maximum absolute atomic E-state index is 13.0. The van der Waals surface area contributed by atoms with Crippen molar-refractivity contribution < 1.29 is 9.59 Å². The van der Waals surface area contributed by atoms with Gasteiger partial charge >= 0.3 is 0 Å². The van der Waals surface area contributed by atoms with Gasteiger partial charge in [-0.1, -0.05) is 48.0 Å². The number of nitrogens with zero attached hydrogens (tertiary/aromatic N) is 1. The minimum absolute atomic E-state index is 0.00103. The topological polar surface area (TPSA) is 61.4 Å². The van der Waals surface area contributed by atoms with E-state index in [4.69, 9.17) is 0 Å². The van der Waals surface area contributed by atoms with Crippen molar-refractivity contribution in [3.8, 4) is 0 Å². The highest BCUT2D eigenvalue weighted by atomic mass is 16.2. The molecule has 2 aliphatic heterocycles. The zero-order chi connectivity index (χ0) is 19.3. The lowest BCUT2D eigenvalue weighted by atomic mass is 9.94. The van der Waals surface area contributed by atoms with Crippen molar-refractivity contribution >= 4 is 22.6 Å². The summed E-state index contributed by atoms with van der Waals surface area (Å²) >= 11 is 0. The van der Waals surface area contributed by atoms with Crippen LogP contribution < -0.4 is 10.6 Å². The summed E-state index contributed by atoms with van der Waals surface area (Å²) in [5, 5.41) is 8.43. The average molecular weight is 377 g/mol. The molecule has 0 bridgehead atoms. The number of carbonyl (C=O) groups is 2. The lowest BCUT2D eigenvalue weighted by Gasteiger charge is -2.31. The molecule has 5 nitrogen and oxygen atoms in total. The first-order valence-corrected chi connectivity index (χ1v) is 10.2. The van der Waals surface area contributed by atoms with Gasteiger partial charge in [-0.15, -0.1) is 0 Å². The molecule has 146 valence electrons. The number of carbonyl (C=O) groups excluding carboxylic acids is 2. The average Bonchev–Trinajstić information content (AvgIpc) is 2.77. The van der Waals surface area contributed by atoms with Crippen LogP contribution >= 0.6 is 0 Å². The van der Waals surface area contributed by atoms with Crippen LogP contribution in [0.15, 0.2) is 54.1 Å². The van der Waals surface area contributed by atoms with Crippen LogP contribution in [0, 0.1) is 5.92 Å². The van der Waals surface area contributed by atoms with E-state index in [0.717, 1.165) is 48.7 Å². The van der Waals surface area contributed by atoms with Crippen LogP contribution in [0.1, 0.15) is 29.6 Å². The van der Waals surface area contributed by atoms with E-state index >= 15 is 0 Å². The molecule has 2 aromatic rings. The van der Waals surface area contributed by atoms with Crippen molar-refractivity contribution in [2.24, 2.45) is 5.92 Å². The Labute approximate surface area is 165 Å². The molecule has 2 heterocycles. The van der Waals surface area contributed by atoms with Gasteiger partial charge in [0.25, 0.3) is 5.91 Å². The maximum atomic E-state index is 13.0. The largest absolute Gasteiger partial charge is 0.352 e. The summed E-state index contributed by atoms with van der Waals surface area (Å²) in [7, 11) is 0. The molecule has 1 fully saturated rings. The van der Waals surface area contributed by atoms with Gasteiger partial charge in [0.2, 0.25) is 5.91 Å². The first-order valence-electron chi connectivity index (χ1n) is 10.2. The van der Waals surface area contributed by atoms with Crippen molar-refractivity contribution in [3.05, 3.63) is 59.7 Å². The molecule has 2 amide bonds. The third kappa shape index (κ3) is 4.09. The normalized spacial score (nSPS) is 18.0. The molecular weight excluding hydrogens is 350 g/mol. The van der Waals surface area contributed by atoms with E-state index in [0.29, 0.717) is 19.6 Å². The van der Waals surface area contributed by atoms with Crippen molar-refractivity contribution in [3.63, 3.8) is 0 Å².